The number of carbonyl (C=O) groups is 1. The number of esters is 1. The van der Waals surface area contributed by atoms with Gasteiger partial charge in [0.2, 0.25) is 0 Å². The average Bonchev–Trinajstić information content (AvgIpc) is 2.39. The molecule has 5 heteroatoms. The molecular weight excluding hydrogens is 433 g/mol. The molecule has 1 saturated heterocycles. The monoisotopic (exact) mass is 451 g/mol. The van der Waals surface area contributed by atoms with Crippen LogP contribution in [-0.2, 0) is 15.1 Å². The highest BCUT2D eigenvalue weighted by molar-refractivity contribution is 14.1. The third-order valence-corrected chi connectivity index (χ3v) is 4.52. The quantitative estimate of drug-likeness (QED) is 0.431. The number of hydrogen-bond acceptors (Lipinski definition) is 3. The van der Waals surface area contributed by atoms with Crippen molar-refractivity contribution >= 4 is 44.5 Å². The summed E-state index contributed by atoms with van der Waals surface area (Å²) in [5.74, 6) is -0.150. The number of alkyl halides is 1. The molecule has 1 aliphatic rings. The standard InChI is InChI=1S/C15H19BrINO2/c1-14(2,17)13(19)20-15(7-9-18-10-8-15)11-3-5-12(16)6-4-11/h3-6,18H,7-10H2,1-2H3. The summed E-state index contributed by atoms with van der Waals surface area (Å²) < 4.78 is 6.49. The van der Waals surface area contributed by atoms with Gasteiger partial charge in [-0.3, -0.25) is 4.79 Å². The third-order valence-electron chi connectivity index (χ3n) is 3.56. The van der Waals surface area contributed by atoms with Crippen molar-refractivity contribution in [1.29, 1.82) is 0 Å². The van der Waals surface area contributed by atoms with Crippen LogP contribution in [0.3, 0.4) is 0 Å². The Hall–Kier alpha value is -0.140. The zero-order valence-corrected chi connectivity index (χ0v) is 15.5. The van der Waals surface area contributed by atoms with Crippen LogP contribution in [0.5, 0.6) is 0 Å². The van der Waals surface area contributed by atoms with Crippen molar-refractivity contribution < 1.29 is 9.53 Å². The first-order valence-corrected chi connectivity index (χ1v) is 8.60. The van der Waals surface area contributed by atoms with Crippen LogP contribution >= 0.6 is 38.5 Å². The number of halogens is 2. The Kier molecular flexibility index (Phi) is 5.13. The highest BCUT2D eigenvalue weighted by Gasteiger charge is 2.40. The van der Waals surface area contributed by atoms with E-state index in [4.69, 9.17) is 4.74 Å². The van der Waals surface area contributed by atoms with E-state index in [2.05, 4.69) is 43.8 Å². The topological polar surface area (TPSA) is 38.3 Å². The van der Waals surface area contributed by atoms with Gasteiger partial charge >= 0.3 is 5.97 Å². The van der Waals surface area contributed by atoms with Crippen LogP contribution < -0.4 is 5.32 Å². The maximum Gasteiger partial charge on any atom is 0.322 e. The number of nitrogens with one attached hydrogen (secondary N) is 1. The molecule has 1 aliphatic heterocycles. The molecule has 0 radical (unpaired) electrons. The third kappa shape index (κ3) is 3.74. The van der Waals surface area contributed by atoms with Crippen LogP contribution in [0.4, 0.5) is 0 Å². The van der Waals surface area contributed by atoms with Crippen molar-refractivity contribution in [2.75, 3.05) is 13.1 Å². The van der Waals surface area contributed by atoms with Crippen molar-refractivity contribution in [2.24, 2.45) is 0 Å². The SMILES string of the molecule is CC(C)(I)C(=O)OC1(c2ccc(Br)cc2)CCNCC1. The molecule has 0 saturated carbocycles. The first kappa shape index (κ1) is 16.2. The predicted octanol–water partition coefficient (Wildman–Crippen LogP) is 3.78. The molecule has 1 N–H and O–H groups in total. The van der Waals surface area contributed by atoms with Crippen LogP contribution in [0, 0.1) is 0 Å². The Morgan fingerprint density at radius 1 is 1.30 bits per heavy atom. The van der Waals surface area contributed by atoms with Gasteiger partial charge in [-0.05, 0) is 44.6 Å². The Bertz CT molecular complexity index is 476. The fraction of sp³-hybridized carbons (Fsp3) is 0.533. The molecule has 0 unspecified atom stereocenters. The summed E-state index contributed by atoms with van der Waals surface area (Å²) in [7, 11) is 0. The summed E-state index contributed by atoms with van der Waals surface area (Å²) in [6.07, 6.45) is 1.63. The normalized spacial score (nSPS) is 18.6. The molecule has 2 rings (SSSR count). The lowest BCUT2D eigenvalue weighted by atomic mass is 9.84. The maximum atomic E-state index is 12.3. The summed E-state index contributed by atoms with van der Waals surface area (Å²) in [6, 6.07) is 8.09. The van der Waals surface area contributed by atoms with Crippen molar-refractivity contribution in [3.63, 3.8) is 0 Å². The zero-order valence-electron chi connectivity index (χ0n) is 11.7. The molecule has 1 aromatic rings. The summed E-state index contributed by atoms with van der Waals surface area (Å²) in [5, 5.41) is 3.33. The molecule has 0 amide bonds. The molecule has 1 heterocycles. The lowest BCUT2D eigenvalue weighted by molar-refractivity contribution is -0.165. The lowest BCUT2D eigenvalue weighted by Crippen LogP contribution is -2.45. The smallest absolute Gasteiger partial charge is 0.322 e. The first-order valence-electron chi connectivity index (χ1n) is 6.73. The minimum atomic E-state index is -0.509. The van der Waals surface area contributed by atoms with Crippen LogP contribution in [0.1, 0.15) is 32.3 Å². The van der Waals surface area contributed by atoms with E-state index in [1.807, 2.05) is 38.1 Å². The number of hydrogen-bond donors (Lipinski definition) is 1. The molecule has 1 aromatic carbocycles. The molecule has 20 heavy (non-hydrogen) atoms. The fourth-order valence-electron chi connectivity index (χ4n) is 2.33. The van der Waals surface area contributed by atoms with E-state index < -0.39 is 9.02 Å². The van der Waals surface area contributed by atoms with Gasteiger partial charge in [-0.15, -0.1) is 0 Å². The maximum absolute atomic E-state index is 12.3. The minimum Gasteiger partial charge on any atom is -0.453 e. The van der Waals surface area contributed by atoms with Gasteiger partial charge in [-0.25, -0.2) is 0 Å². The van der Waals surface area contributed by atoms with Gasteiger partial charge in [0.05, 0.1) is 0 Å². The van der Waals surface area contributed by atoms with Crippen molar-refractivity contribution in [2.45, 2.75) is 35.7 Å². The summed E-state index contributed by atoms with van der Waals surface area (Å²) in [4.78, 5) is 12.3. The second-order valence-corrected chi connectivity index (χ2v) is 9.23. The van der Waals surface area contributed by atoms with E-state index in [0.29, 0.717) is 0 Å². The predicted molar refractivity (Wildman–Crippen MR) is 92.1 cm³/mol. The van der Waals surface area contributed by atoms with Gasteiger partial charge < -0.3 is 10.1 Å². The molecule has 0 atom stereocenters. The molecule has 3 nitrogen and oxygen atoms in total. The zero-order chi connectivity index (χ0) is 14.8. The highest BCUT2D eigenvalue weighted by atomic mass is 127. The Balaban J connectivity index is 2.30. The fourth-order valence-corrected chi connectivity index (χ4v) is 2.71. The molecule has 1 fully saturated rings. The number of carbonyl (C=O) groups excluding carboxylic acids is 1. The van der Waals surface area contributed by atoms with Gasteiger partial charge in [0.25, 0.3) is 0 Å². The van der Waals surface area contributed by atoms with E-state index in [1.54, 1.807) is 0 Å². The summed E-state index contributed by atoms with van der Waals surface area (Å²) >= 11 is 5.58. The van der Waals surface area contributed by atoms with Crippen LogP contribution in [0.15, 0.2) is 28.7 Å². The van der Waals surface area contributed by atoms with E-state index in [1.165, 1.54) is 0 Å². The van der Waals surface area contributed by atoms with E-state index in [-0.39, 0.29) is 5.97 Å². The molecule has 0 bridgehead atoms. The van der Waals surface area contributed by atoms with Crippen molar-refractivity contribution in [3.05, 3.63) is 34.3 Å². The van der Waals surface area contributed by atoms with E-state index in [0.717, 1.165) is 36.0 Å². The van der Waals surface area contributed by atoms with Crippen LogP contribution in [0.2, 0.25) is 0 Å². The summed E-state index contributed by atoms with van der Waals surface area (Å²) in [5.41, 5.74) is 0.585. The molecule has 0 aromatic heterocycles. The van der Waals surface area contributed by atoms with Gasteiger partial charge in [-0.1, -0.05) is 50.7 Å². The first-order chi connectivity index (χ1) is 9.33. The molecule has 0 spiro atoms. The Labute approximate surface area is 142 Å². The number of ether oxygens (including phenoxy) is 1. The largest absolute Gasteiger partial charge is 0.453 e. The summed E-state index contributed by atoms with van der Waals surface area (Å²) in [6.45, 7) is 5.49. The van der Waals surface area contributed by atoms with Gasteiger partial charge in [-0.2, -0.15) is 0 Å². The van der Waals surface area contributed by atoms with Crippen LogP contribution in [-0.4, -0.2) is 22.5 Å². The Morgan fingerprint density at radius 3 is 2.35 bits per heavy atom. The minimum absolute atomic E-state index is 0.150. The van der Waals surface area contributed by atoms with Crippen LogP contribution in [0.25, 0.3) is 0 Å². The Morgan fingerprint density at radius 2 is 1.85 bits per heavy atom. The van der Waals surface area contributed by atoms with Crippen molar-refractivity contribution in [3.8, 4) is 0 Å². The molecular formula is C15H19BrINO2. The second-order valence-electron chi connectivity index (χ2n) is 5.61. The van der Waals surface area contributed by atoms with Gasteiger partial charge in [0.1, 0.15) is 9.02 Å². The van der Waals surface area contributed by atoms with E-state index >= 15 is 0 Å². The van der Waals surface area contributed by atoms with Gasteiger partial charge in [0.15, 0.2) is 0 Å². The number of piperidine rings is 1. The molecule has 110 valence electrons. The number of rotatable bonds is 3. The van der Waals surface area contributed by atoms with E-state index in [9.17, 15) is 4.79 Å². The average molecular weight is 452 g/mol. The lowest BCUT2D eigenvalue weighted by Gasteiger charge is -2.39. The number of benzene rings is 1. The second kappa shape index (κ2) is 6.32. The highest BCUT2D eigenvalue weighted by Crippen LogP contribution is 2.37. The van der Waals surface area contributed by atoms with Gasteiger partial charge in [0, 0.05) is 17.3 Å². The molecule has 0 aliphatic carbocycles. The van der Waals surface area contributed by atoms with Crippen molar-refractivity contribution in [1.82, 2.24) is 5.32 Å².